The van der Waals surface area contributed by atoms with E-state index in [0.717, 1.165) is 44.7 Å². The highest BCUT2D eigenvalue weighted by Gasteiger charge is 2.42. The first-order valence-corrected chi connectivity index (χ1v) is 8.35. The number of aliphatic imine (C=N–C) groups is 1. The van der Waals surface area contributed by atoms with Crippen molar-refractivity contribution < 1.29 is 4.74 Å². The molecule has 1 N–H and O–H groups in total. The van der Waals surface area contributed by atoms with E-state index in [1.807, 2.05) is 7.05 Å². The van der Waals surface area contributed by atoms with Gasteiger partial charge in [0.1, 0.15) is 0 Å². The summed E-state index contributed by atoms with van der Waals surface area (Å²) < 4.78 is 5.61. The Hall–Kier alpha value is -0.0400. The molecule has 0 bridgehead atoms. The molecule has 1 spiro atoms. The van der Waals surface area contributed by atoms with Gasteiger partial charge in [-0.3, -0.25) is 4.99 Å². The van der Waals surface area contributed by atoms with E-state index < -0.39 is 0 Å². The van der Waals surface area contributed by atoms with Gasteiger partial charge in [-0.15, -0.1) is 24.0 Å². The fraction of sp³-hybridized carbons (Fsp3) is 0.938. The summed E-state index contributed by atoms with van der Waals surface area (Å²) in [4.78, 5) is 6.91. The maximum atomic E-state index is 5.61. The highest BCUT2D eigenvalue weighted by Crippen LogP contribution is 2.38. The number of nitrogens with one attached hydrogen (secondary N) is 1. The van der Waals surface area contributed by atoms with Crippen molar-refractivity contribution in [2.24, 2.45) is 16.3 Å². The molecule has 1 saturated carbocycles. The maximum Gasteiger partial charge on any atom is 0.193 e. The lowest BCUT2D eigenvalue weighted by molar-refractivity contribution is 0.156. The SMILES string of the molecule is CN=C(NCCC1CCCC1)N1CCC2(CCOC2)C1.I. The average molecular weight is 407 g/mol. The van der Waals surface area contributed by atoms with Crippen molar-refractivity contribution in [3.05, 3.63) is 0 Å². The van der Waals surface area contributed by atoms with Crippen molar-refractivity contribution in [1.82, 2.24) is 10.2 Å². The summed E-state index contributed by atoms with van der Waals surface area (Å²) in [6.45, 7) is 5.23. The summed E-state index contributed by atoms with van der Waals surface area (Å²) in [5, 5.41) is 3.58. The van der Waals surface area contributed by atoms with E-state index in [-0.39, 0.29) is 24.0 Å². The molecule has 0 aromatic heterocycles. The Balaban J connectivity index is 0.00000161. The summed E-state index contributed by atoms with van der Waals surface area (Å²) in [6.07, 6.45) is 9.54. The van der Waals surface area contributed by atoms with Crippen LogP contribution in [-0.2, 0) is 4.74 Å². The number of halogens is 1. The summed E-state index contributed by atoms with van der Waals surface area (Å²) in [6, 6.07) is 0. The van der Waals surface area contributed by atoms with Gasteiger partial charge in [0.05, 0.1) is 6.61 Å². The molecule has 21 heavy (non-hydrogen) atoms. The molecular formula is C16H30IN3O. The van der Waals surface area contributed by atoms with Gasteiger partial charge in [0.25, 0.3) is 0 Å². The Morgan fingerprint density at radius 1 is 1.33 bits per heavy atom. The molecule has 3 fully saturated rings. The second kappa shape index (κ2) is 7.99. The summed E-state index contributed by atoms with van der Waals surface area (Å²) in [5.74, 6) is 2.06. The van der Waals surface area contributed by atoms with Crippen LogP contribution in [0.1, 0.15) is 44.9 Å². The minimum atomic E-state index is 0. The van der Waals surface area contributed by atoms with Crippen LogP contribution in [0.4, 0.5) is 0 Å². The highest BCUT2D eigenvalue weighted by atomic mass is 127. The van der Waals surface area contributed by atoms with E-state index in [1.165, 1.54) is 44.9 Å². The zero-order valence-corrected chi connectivity index (χ0v) is 15.6. The van der Waals surface area contributed by atoms with E-state index in [2.05, 4.69) is 15.2 Å². The van der Waals surface area contributed by atoms with E-state index in [9.17, 15) is 0 Å². The minimum Gasteiger partial charge on any atom is -0.381 e. The third-order valence-electron chi connectivity index (χ3n) is 5.45. The van der Waals surface area contributed by atoms with E-state index in [4.69, 9.17) is 4.74 Å². The van der Waals surface area contributed by atoms with Crippen LogP contribution >= 0.6 is 24.0 Å². The normalized spacial score (nSPS) is 30.1. The molecule has 5 heteroatoms. The molecule has 1 aliphatic carbocycles. The molecule has 2 aliphatic heterocycles. The van der Waals surface area contributed by atoms with Gasteiger partial charge in [0, 0.05) is 38.7 Å². The largest absolute Gasteiger partial charge is 0.381 e. The first kappa shape index (κ1) is 17.3. The molecule has 3 rings (SSSR count). The Kier molecular flexibility index (Phi) is 6.59. The van der Waals surface area contributed by atoms with E-state index in [1.54, 1.807) is 0 Å². The van der Waals surface area contributed by atoms with E-state index in [0.29, 0.717) is 5.41 Å². The van der Waals surface area contributed by atoms with Crippen LogP contribution in [-0.4, -0.2) is 50.8 Å². The first-order chi connectivity index (χ1) is 9.81. The van der Waals surface area contributed by atoms with Crippen molar-refractivity contribution in [3.8, 4) is 0 Å². The van der Waals surface area contributed by atoms with Crippen LogP contribution in [0.5, 0.6) is 0 Å². The zero-order valence-electron chi connectivity index (χ0n) is 13.3. The molecule has 1 unspecified atom stereocenters. The minimum absolute atomic E-state index is 0. The van der Waals surface area contributed by atoms with Gasteiger partial charge in [-0.25, -0.2) is 0 Å². The maximum absolute atomic E-state index is 5.61. The second-order valence-electron chi connectivity index (χ2n) is 6.89. The molecule has 0 amide bonds. The number of likely N-dealkylation sites (tertiary alicyclic amines) is 1. The van der Waals surface area contributed by atoms with Crippen LogP contribution in [0.25, 0.3) is 0 Å². The lowest BCUT2D eigenvalue weighted by Crippen LogP contribution is -2.42. The van der Waals surface area contributed by atoms with Gasteiger partial charge in [0.15, 0.2) is 5.96 Å². The van der Waals surface area contributed by atoms with Crippen molar-refractivity contribution >= 4 is 29.9 Å². The first-order valence-electron chi connectivity index (χ1n) is 8.35. The van der Waals surface area contributed by atoms with Crippen LogP contribution in [0, 0.1) is 11.3 Å². The lowest BCUT2D eigenvalue weighted by atomic mass is 9.87. The highest BCUT2D eigenvalue weighted by molar-refractivity contribution is 14.0. The quantitative estimate of drug-likeness (QED) is 0.444. The Morgan fingerprint density at radius 3 is 2.81 bits per heavy atom. The van der Waals surface area contributed by atoms with Crippen molar-refractivity contribution in [3.63, 3.8) is 0 Å². The van der Waals surface area contributed by atoms with Crippen molar-refractivity contribution in [2.75, 3.05) is 39.9 Å². The molecule has 1 atom stereocenters. The Morgan fingerprint density at radius 2 is 2.14 bits per heavy atom. The molecule has 2 saturated heterocycles. The van der Waals surface area contributed by atoms with Crippen molar-refractivity contribution in [2.45, 2.75) is 44.9 Å². The third-order valence-corrected chi connectivity index (χ3v) is 5.45. The topological polar surface area (TPSA) is 36.9 Å². The standard InChI is InChI=1S/C16H29N3O.HI/c1-17-15(18-9-6-14-4-2-3-5-14)19-10-7-16(12-19)8-11-20-13-16;/h14H,2-13H2,1H3,(H,17,18);1H. The molecule has 3 aliphatic rings. The zero-order chi connectivity index (χ0) is 13.8. The number of hydrogen-bond acceptors (Lipinski definition) is 2. The van der Waals surface area contributed by atoms with Crippen LogP contribution < -0.4 is 5.32 Å². The molecular weight excluding hydrogens is 377 g/mol. The fourth-order valence-electron chi connectivity index (χ4n) is 4.11. The van der Waals surface area contributed by atoms with Gasteiger partial charge >= 0.3 is 0 Å². The molecule has 4 nitrogen and oxygen atoms in total. The predicted molar refractivity (Wildman–Crippen MR) is 97.4 cm³/mol. The Labute approximate surface area is 146 Å². The Bertz CT molecular complexity index is 349. The van der Waals surface area contributed by atoms with Crippen molar-refractivity contribution in [1.29, 1.82) is 0 Å². The fourth-order valence-corrected chi connectivity index (χ4v) is 4.11. The van der Waals surface area contributed by atoms with Crippen LogP contribution in [0.15, 0.2) is 4.99 Å². The van der Waals surface area contributed by atoms with Gasteiger partial charge in [-0.2, -0.15) is 0 Å². The predicted octanol–water partition coefficient (Wildman–Crippen LogP) is 2.87. The molecule has 122 valence electrons. The van der Waals surface area contributed by atoms with E-state index >= 15 is 0 Å². The van der Waals surface area contributed by atoms with Crippen LogP contribution in [0.3, 0.4) is 0 Å². The van der Waals surface area contributed by atoms with Gasteiger partial charge in [-0.1, -0.05) is 25.7 Å². The lowest BCUT2D eigenvalue weighted by Gasteiger charge is -2.25. The van der Waals surface area contributed by atoms with Gasteiger partial charge in [0.2, 0.25) is 0 Å². The summed E-state index contributed by atoms with van der Waals surface area (Å²) >= 11 is 0. The molecule has 0 aromatic carbocycles. The second-order valence-corrected chi connectivity index (χ2v) is 6.89. The van der Waals surface area contributed by atoms with Crippen LogP contribution in [0.2, 0.25) is 0 Å². The number of ether oxygens (including phenoxy) is 1. The van der Waals surface area contributed by atoms with Gasteiger partial charge < -0.3 is 15.0 Å². The number of hydrogen-bond donors (Lipinski definition) is 1. The smallest absolute Gasteiger partial charge is 0.193 e. The number of guanidine groups is 1. The molecule has 0 radical (unpaired) electrons. The molecule has 2 heterocycles. The third kappa shape index (κ3) is 4.24. The number of nitrogens with zero attached hydrogens (tertiary/aromatic N) is 2. The summed E-state index contributed by atoms with van der Waals surface area (Å²) in [5.41, 5.74) is 0.420. The van der Waals surface area contributed by atoms with Gasteiger partial charge in [-0.05, 0) is 25.2 Å². The average Bonchev–Trinajstić information content (AvgIpc) is 3.19. The summed E-state index contributed by atoms with van der Waals surface area (Å²) in [7, 11) is 1.91. The molecule has 0 aromatic rings. The number of rotatable bonds is 3. The monoisotopic (exact) mass is 407 g/mol.